The average molecular weight is 185 g/mol. The maximum absolute atomic E-state index is 11.1. The van der Waals surface area contributed by atoms with Crippen LogP contribution in [0.5, 0.6) is 0 Å². The van der Waals surface area contributed by atoms with Gasteiger partial charge in [-0.2, -0.15) is 10.3 Å². The normalized spacial score (nSPS) is 10.0. The fraction of sp³-hybridized carbons (Fsp3) is 0.571. The minimum atomic E-state index is -0.486. The molecule has 0 saturated heterocycles. The number of hydrogen-bond acceptors (Lipinski definition) is 5. The van der Waals surface area contributed by atoms with Gasteiger partial charge in [0.25, 0.3) is 0 Å². The van der Waals surface area contributed by atoms with E-state index in [1.54, 1.807) is 7.11 Å². The van der Waals surface area contributed by atoms with Crippen LogP contribution in [0, 0.1) is 0 Å². The van der Waals surface area contributed by atoms with Crippen molar-refractivity contribution in [1.82, 2.24) is 15.4 Å². The van der Waals surface area contributed by atoms with Crippen molar-refractivity contribution in [3.05, 3.63) is 11.4 Å². The number of rotatable bonds is 4. The summed E-state index contributed by atoms with van der Waals surface area (Å²) in [5.74, 6) is -0.486. The van der Waals surface area contributed by atoms with E-state index in [1.165, 1.54) is 7.11 Å². The van der Waals surface area contributed by atoms with Crippen molar-refractivity contribution in [3.63, 3.8) is 0 Å². The Morgan fingerprint density at radius 1 is 1.46 bits per heavy atom. The lowest BCUT2D eigenvalue weighted by Gasteiger charge is -1.97. The van der Waals surface area contributed by atoms with Gasteiger partial charge in [0, 0.05) is 13.5 Å². The van der Waals surface area contributed by atoms with Gasteiger partial charge in [0.15, 0.2) is 5.69 Å². The Labute approximate surface area is 75.2 Å². The molecule has 72 valence electrons. The standard InChI is InChI=1S/C7H11N3O3/c1-12-4-3-5-6(7(11)13-2)9-10-8-5/h3-4H2,1-2H3,(H,8,9,10). The molecule has 0 atom stereocenters. The molecule has 0 radical (unpaired) electrons. The van der Waals surface area contributed by atoms with Crippen molar-refractivity contribution in [1.29, 1.82) is 0 Å². The summed E-state index contributed by atoms with van der Waals surface area (Å²) in [6.45, 7) is 0.497. The zero-order valence-electron chi connectivity index (χ0n) is 7.53. The molecule has 0 aliphatic rings. The molecule has 1 heterocycles. The molecule has 1 rings (SSSR count). The molecule has 13 heavy (non-hydrogen) atoms. The molecule has 1 N–H and O–H groups in total. The third-order valence-electron chi connectivity index (χ3n) is 1.54. The monoisotopic (exact) mass is 185 g/mol. The summed E-state index contributed by atoms with van der Waals surface area (Å²) in [7, 11) is 2.88. The summed E-state index contributed by atoms with van der Waals surface area (Å²) >= 11 is 0. The molecule has 0 saturated carbocycles. The molecule has 0 aromatic carbocycles. The smallest absolute Gasteiger partial charge is 0.360 e. The van der Waals surface area contributed by atoms with Gasteiger partial charge in [-0.15, -0.1) is 5.10 Å². The number of hydrogen-bond donors (Lipinski definition) is 1. The molecule has 6 nitrogen and oxygen atoms in total. The zero-order chi connectivity index (χ0) is 9.68. The minimum absolute atomic E-state index is 0.222. The van der Waals surface area contributed by atoms with E-state index < -0.39 is 5.97 Å². The number of nitrogens with one attached hydrogen (secondary N) is 1. The minimum Gasteiger partial charge on any atom is -0.464 e. The van der Waals surface area contributed by atoms with Crippen molar-refractivity contribution in [3.8, 4) is 0 Å². The largest absolute Gasteiger partial charge is 0.464 e. The van der Waals surface area contributed by atoms with Gasteiger partial charge in [0.05, 0.1) is 19.4 Å². The molecule has 0 bridgehead atoms. The molecule has 0 aliphatic heterocycles. The van der Waals surface area contributed by atoms with Crippen LogP contribution in [0.1, 0.15) is 16.2 Å². The average Bonchev–Trinajstić information content (AvgIpc) is 2.61. The van der Waals surface area contributed by atoms with Gasteiger partial charge in [-0.3, -0.25) is 0 Å². The number of aromatic nitrogens is 3. The highest BCUT2D eigenvalue weighted by Gasteiger charge is 2.15. The first-order valence-corrected chi connectivity index (χ1v) is 3.76. The molecular formula is C7H11N3O3. The maximum Gasteiger partial charge on any atom is 0.360 e. The van der Waals surface area contributed by atoms with Crippen LogP contribution in [-0.4, -0.2) is 42.2 Å². The second-order valence-electron chi connectivity index (χ2n) is 2.35. The van der Waals surface area contributed by atoms with Gasteiger partial charge < -0.3 is 9.47 Å². The number of carbonyl (C=O) groups excluding carboxylic acids is 1. The molecule has 0 unspecified atom stereocenters. The number of nitrogens with zero attached hydrogens (tertiary/aromatic N) is 2. The van der Waals surface area contributed by atoms with Gasteiger partial charge in [0.1, 0.15) is 0 Å². The number of esters is 1. The first-order valence-electron chi connectivity index (χ1n) is 3.76. The number of ether oxygens (including phenoxy) is 2. The Bertz CT molecular complexity index is 284. The molecule has 6 heteroatoms. The molecule has 0 amide bonds. The molecule has 0 spiro atoms. The van der Waals surface area contributed by atoms with Crippen LogP contribution in [0.25, 0.3) is 0 Å². The molecule has 0 aliphatic carbocycles. The Kier molecular flexibility index (Phi) is 3.39. The van der Waals surface area contributed by atoms with Crippen LogP contribution in [0.15, 0.2) is 0 Å². The van der Waals surface area contributed by atoms with Gasteiger partial charge >= 0.3 is 5.97 Å². The van der Waals surface area contributed by atoms with Crippen LogP contribution in [0.2, 0.25) is 0 Å². The number of methoxy groups -OCH3 is 2. The maximum atomic E-state index is 11.1. The highest BCUT2D eigenvalue weighted by molar-refractivity contribution is 5.88. The Morgan fingerprint density at radius 3 is 2.85 bits per heavy atom. The topological polar surface area (TPSA) is 77.1 Å². The van der Waals surface area contributed by atoms with E-state index in [0.29, 0.717) is 18.7 Å². The summed E-state index contributed by atoms with van der Waals surface area (Å²) in [6, 6.07) is 0. The summed E-state index contributed by atoms with van der Waals surface area (Å²) in [6.07, 6.45) is 0.539. The number of carbonyl (C=O) groups is 1. The Hall–Kier alpha value is -1.43. The molecule has 0 fully saturated rings. The SMILES string of the molecule is COCCc1n[nH]nc1C(=O)OC. The third kappa shape index (κ3) is 2.25. The van der Waals surface area contributed by atoms with Crippen LogP contribution in [0.3, 0.4) is 0 Å². The first kappa shape index (κ1) is 9.66. The first-order chi connectivity index (χ1) is 6.29. The summed E-state index contributed by atoms with van der Waals surface area (Å²) in [5.41, 5.74) is 0.785. The van der Waals surface area contributed by atoms with Gasteiger partial charge in [0.2, 0.25) is 0 Å². The van der Waals surface area contributed by atoms with Crippen LogP contribution < -0.4 is 0 Å². The predicted octanol–water partition coefficient (Wildman–Crippen LogP) is -0.220. The lowest BCUT2D eigenvalue weighted by Crippen LogP contribution is -2.07. The van der Waals surface area contributed by atoms with Gasteiger partial charge in [-0.1, -0.05) is 0 Å². The quantitative estimate of drug-likeness (QED) is 0.656. The fourth-order valence-electron chi connectivity index (χ4n) is 0.886. The highest BCUT2D eigenvalue weighted by atomic mass is 16.5. The molecule has 1 aromatic rings. The zero-order valence-corrected chi connectivity index (χ0v) is 7.53. The van der Waals surface area contributed by atoms with Crippen LogP contribution in [0.4, 0.5) is 0 Å². The van der Waals surface area contributed by atoms with Crippen molar-refractivity contribution < 1.29 is 14.3 Å². The number of aromatic amines is 1. The fourth-order valence-corrected chi connectivity index (χ4v) is 0.886. The second-order valence-corrected chi connectivity index (χ2v) is 2.35. The van der Waals surface area contributed by atoms with E-state index in [-0.39, 0.29) is 5.69 Å². The lowest BCUT2D eigenvalue weighted by atomic mass is 10.2. The van der Waals surface area contributed by atoms with Crippen molar-refractivity contribution in [2.75, 3.05) is 20.8 Å². The molecule has 1 aromatic heterocycles. The van der Waals surface area contributed by atoms with E-state index in [9.17, 15) is 4.79 Å². The van der Waals surface area contributed by atoms with Crippen LogP contribution in [-0.2, 0) is 15.9 Å². The summed E-state index contributed by atoms with van der Waals surface area (Å²) in [4.78, 5) is 11.1. The third-order valence-corrected chi connectivity index (χ3v) is 1.54. The van der Waals surface area contributed by atoms with E-state index in [2.05, 4.69) is 20.1 Å². The Balaban J connectivity index is 2.71. The second kappa shape index (κ2) is 4.56. The van der Waals surface area contributed by atoms with E-state index in [0.717, 1.165) is 0 Å². The van der Waals surface area contributed by atoms with E-state index in [4.69, 9.17) is 4.74 Å². The lowest BCUT2D eigenvalue weighted by molar-refractivity contribution is 0.0592. The highest BCUT2D eigenvalue weighted by Crippen LogP contribution is 2.03. The van der Waals surface area contributed by atoms with Gasteiger partial charge in [-0.25, -0.2) is 4.79 Å². The van der Waals surface area contributed by atoms with Crippen molar-refractivity contribution in [2.45, 2.75) is 6.42 Å². The van der Waals surface area contributed by atoms with E-state index in [1.807, 2.05) is 0 Å². The Morgan fingerprint density at radius 2 is 2.23 bits per heavy atom. The van der Waals surface area contributed by atoms with E-state index >= 15 is 0 Å². The summed E-state index contributed by atoms with van der Waals surface area (Å²) < 4.78 is 9.36. The number of H-pyrrole nitrogens is 1. The van der Waals surface area contributed by atoms with Crippen molar-refractivity contribution >= 4 is 5.97 Å². The van der Waals surface area contributed by atoms with Crippen LogP contribution >= 0.6 is 0 Å². The van der Waals surface area contributed by atoms with Crippen molar-refractivity contribution in [2.24, 2.45) is 0 Å². The molecular weight excluding hydrogens is 174 g/mol. The van der Waals surface area contributed by atoms with Gasteiger partial charge in [-0.05, 0) is 0 Å². The predicted molar refractivity (Wildman–Crippen MR) is 43.3 cm³/mol. The summed E-state index contributed by atoms with van der Waals surface area (Å²) in [5, 5.41) is 9.85.